The molecule has 1 atom stereocenters. The highest BCUT2D eigenvalue weighted by atomic mass is 16.5. The molecule has 1 aromatic rings. The van der Waals surface area contributed by atoms with Crippen molar-refractivity contribution in [1.82, 2.24) is 10.6 Å². The minimum absolute atomic E-state index is 0.104. The maximum atomic E-state index is 12.6. The summed E-state index contributed by atoms with van der Waals surface area (Å²) >= 11 is 0. The fourth-order valence-electron chi connectivity index (χ4n) is 2.69. The van der Waals surface area contributed by atoms with Gasteiger partial charge in [-0.15, -0.1) is 0 Å². The van der Waals surface area contributed by atoms with Gasteiger partial charge < -0.3 is 15.4 Å². The van der Waals surface area contributed by atoms with Gasteiger partial charge in [0.25, 0.3) is 0 Å². The first-order chi connectivity index (χ1) is 10.1. The number of carbonyl (C=O) groups is 2. The molecule has 0 spiro atoms. The van der Waals surface area contributed by atoms with Crippen molar-refractivity contribution in [2.75, 3.05) is 20.8 Å². The second-order valence-electron chi connectivity index (χ2n) is 5.50. The average Bonchev–Trinajstić information content (AvgIpc) is 2.48. The molecule has 0 heterocycles. The summed E-state index contributed by atoms with van der Waals surface area (Å²) in [5.41, 5.74) is 0.299. The summed E-state index contributed by atoms with van der Waals surface area (Å²) in [6.45, 7) is 0.397. The highest BCUT2D eigenvalue weighted by molar-refractivity contribution is 5.91. The minimum Gasteiger partial charge on any atom is -0.384 e. The average molecular weight is 290 g/mol. The van der Waals surface area contributed by atoms with E-state index in [1.807, 2.05) is 30.3 Å². The number of benzene rings is 1. The van der Waals surface area contributed by atoms with Gasteiger partial charge in [-0.3, -0.25) is 9.59 Å². The zero-order valence-corrected chi connectivity index (χ0v) is 12.5. The molecule has 1 aliphatic carbocycles. The van der Waals surface area contributed by atoms with Crippen LogP contribution in [0.3, 0.4) is 0 Å². The number of amides is 2. The van der Waals surface area contributed by atoms with Crippen molar-refractivity contribution < 1.29 is 14.3 Å². The van der Waals surface area contributed by atoms with E-state index in [4.69, 9.17) is 4.74 Å². The van der Waals surface area contributed by atoms with Crippen LogP contribution >= 0.6 is 0 Å². The molecular formula is C16H22N2O3. The molecule has 1 fully saturated rings. The van der Waals surface area contributed by atoms with Crippen LogP contribution in [0, 0.1) is 5.41 Å². The lowest BCUT2D eigenvalue weighted by Crippen LogP contribution is -2.51. The van der Waals surface area contributed by atoms with Crippen LogP contribution in [-0.4, -0.2) is 32.6 Å². The zero-order valence-electron chi connectivity index (χ0n) is 12.5. The van der Waals surface area contributed by atoms with Crippen LogP contribution in [-0.2, 0) is 14.3 Å². The lowest BCUT2D eigenvalue weighted by atomic mass is 9.68. The normalized spacial score (nSPS) is 17.4. The molecule has 2 rings (SSSR count). The molecular weight excluding hydrogens is 268 g/mol. The molecule has 0 saturated heterocycles. The summed E-state index contributed by atoms with van der Waals surface area (Å²) in [6.07, 6.45) is 2.64. The number of carbonyl (C=O) groups excluding carboxylic acids is 2. The zero-order chi connectivity index (χ0) is 15.3. The first-order valence-electron chi connectivity index (χ1n) is 7.19. The molecule has 5 heteroatoms. The Morgan fingerprint density at radius 2 is 1.95 bits per heavy atom. The van der Waals surface area contributed by atoms with E-state index in [-0.39, 0.29) is 11.8 Å². The number of nitrogens with one attached hydrogen (secondary N) is 2. The predicted molar refractivity (Wildman–Crippen MR) is 79.6 cm³/mol. The molecule has 1 saturated carbocycles. The maximum Gasteiger partial charge on any atom is 0.246 e. The molecule has 0 bridgehead atoms. The second kappa shape index (κ2) is 6.72. The van der Waals surface area contributed by atoms with Gasteiger partial charge in [-0.2, -0.15) is 0 Å². The summed E-state index contributed by atoms with van der Waals surface area (Å²) in [6, 6.07) is 8.59. The molecule has 5 nitrogen and oxygen atoms in total. The van der Waals surface area contributed by atoms with Crippen molar-refractivity contribution in [3.05, 3.63) is 35.9 Å². The summed E-state index contributed by atoms with van der Waals surface area (Å²) in [5, 5.41) is 5.48. The van der Waals surface area contributed by atoms with Crippen LogP contribution in [0.1, 0.15) is 30.9 Å². The summed E-state index contributed by atoms with van der Waals surface area (Å²) in [4.78, 5) is 24.7. The van der Waals surface area contributed by atoms with Gasteiger partial charge in [0.1, 0.15) is 6.04 Å². The van der Waals surface area contributed by atoms with E-state index in [0.29, 0.717) is 6.61 Å². The van der Waals surface area contributed by atoms with Gasteiger partial charge in [-0.1, -0.05) is 36.8 Å². The summed E-state index contributed by atoms with van der Waals surface area (Å²) in [5.74, 6) is -0.325. The SMILES string of the molecule is CNC(=O)[C@H](NC(=O)C1(COC)CCC1)c1ccccc1. The summed E-state index contributed by atoms with van der Waals surface area (Å²) < 4.78 is 5.18. The quantitative estimate of drug-likeness (QED) is 0.832. The maximum absolute atomic E-state index is 12.6. The van der Waals surface area contributed by atoms with Crippen LogP contribution in [0.2, 0.25) is 0 Å². The molecule has 2 amide bonds. The number of methoxy groups -OCH3 is 1. The van der Waals surface area contributed by atoms with Crippen LogP contribution in [0.15, 0.2) is 30.3 Å². The van der Waals surface area contributed by atoms with Crippen molar-refractivity contribution >= 4 is 11.8 Å². The van der Waals surface area contributed by atoms with Gasteiger partial charge in [-0.25, -0.2) is 0 Å². The van der Waals surface area contributed by atoms with Gasteiger partial charge >= 0.3 is 0 Å². The largest absolute Gasteiger partial charge is 0.384 e. The van der Waals surface area contributed by atoms with Gasteiger partial charge in [0.15, 0.2) is 0 Å². The molecule has 1 aliphatic rings. The molecule has 21 heavy (non-hydrogen) atoms. The number of rotatable bonds is 6. The van der Waals surface area contributed by atoms with E-state index in [9.17, 15) is 9.59 Å². The Balaban J connectivity index is 2.16. The number of hydrogen-bond donors (Lipinski definition) is 2. The Hall–Kier alpha value is -1.88. The molecule has 0 unspecified atom stereocenters. The smallest absolute Gasteiger partial charge is 0.246 e. The van der Waals surface area contributed by atoms with E-state index in [2.05, 4.69) is 10.6 Å². The van der Waals surface area contributed by atoms with E-state index in [1.54, 1.807) is 14.2 Å². The molecule has 2 N–H and O–H groups in total. The molecule has 0 radical (unpaired) electrons. The van der Waals surface area contributed by atoms with Gasteiger partial charge in [0, 0.05) is 14.2 Å². The Morgan fingerprint density at radius 1 is 1.29 bits per heavy atom. The number of hydrogen-bond acceptors (Lipinski definition) is 3. The first-order valence-corrected chi connectivity index (χ1v) is 7.19. The third kappa shape index (κ3) is 3.24. The number of ether oxygens (including phenoxy) is 1. The third-order valence-electron chi connectivity index (χ3n) is 4.13. The topological polar surface area (TPSA) is 67.4 Å². The van der Waals surface area contributed by atoms with Crippen LogP contribution in [0.4, 0.5) is 0 Å². The highest BCUT2D eigenvalue weighted by Gasteiger charge is 2.45. The van der Waals surface area contributed by atoms with E-state index < -0.39 is 11.5 Å². The Morgan fingerprint density at radius 3 is 2.43 bits per heavy atom. The van der Waals surface area contributed by atoms with E-state index >= 15 is 0 Å². The molecule has 114 valence electrons. The molecule has 1 aromatic carbocycles. The standard InChI is InChI=1S/C16H22N2O3/c1-17-14(19)13(12-7-4-3-5-8-12)18-15(20)16(11-21-2)9-6-10-16/h3-5,7-8,13H,6,9-11H2,1-2H3,(H,17,19)(H,18,20)/t13-/m1/s1. The van der Waals surface area contributed by atoms with Crippen LogP contribution in [0.5, 0.6) is 0 Å². The van der Waals surface area contributed by atoms with Gasteiger partial charge in [0.2, 0.25) is 11.8 Å². The second-order valence-corrected chi connectivity index (χ2v) is 5.50. The molecule has 0 aromatic heterocycles. The third-order valence-corrected chi connectivity index (χ3v) is 4.13. The van der Waals surface area contributed by atoms with Crippen molar-refractivity contribution in [3.63, 3.8) is 0 Å². The fourth-order valence-corrected chi connectivity index (χ4v) is 2.69. The van der Waals surface area contributed by atoms with E-state index in [1.165, 1.54) is 0 Å². The Bertz CT molecular complexity index is 498. The lowest BCUT2D eigenvalue weighted by molar-refractivity contribution is -0.143. The monoisotopic (exact) mass is 290 g/mol. The van der Waals surface area contributed by atoms with Crippen LogP contribution < -0.4 is 10.6 Å². The Labute approximate surface area is 125 Å². The van der Waals surface area contributed by atoms with Crippen molar-refractivity contribution in [2.45, 2.75) is 25.3 Å². The highest BCUT2D eigenvalue weighted by Crippen LogP contribution is 2.41. The van der Waals surface area contributed by atoms with Crippen molar-refractivity contribution in [3.8, 4) is 0 Å². The minimum atomic E-state index is -0.668. The van der Waals surface area contributed by atoms with Gasteiger partial charge in [-0.05, 0) is 18.4 Å². The van der Waals surface area contributed by atoms with E-state index in [0.717, 1.165) is 24.8 Å². The van der Waals surface area contributed by atoms with Crippen LogP contribution in [0.25, 0.3) is 0 Å². The van der Waals surface area contributed by atoms with Crippen molar-refractivity contribution in [2.24, 2.45) is 5.41 Å². The number of likely N-dealkylation sites (N-methyl/N-ethyl adjacent to an activating group) is 1. The van der Waals surface area contributed by atoms with Crippen molar-refractivity contribution in [1.29, 1.82) is 0 Å². The molecule has 0 aliphatic heterocycles. The first kappa shape index (κ1) is 15.5. The predicted octanol–water partition coefficient (Wildman–Crippen LogP) is 1.41. The fraction of sp³-hybridized carbons (Fsp3) is 0.500. The Kier molecular flexibility index (Phi) is 4.96. The lowest BCUT2D eigenvalue weighted by Gasteiger charge is -2.40. The van der Waals surface area contributed by atoms with Gasteiger partial charge in [0.05, 0.1) is 12.0 Å². The summed E-state index contributed by atoms with van der Waals surface area (Å²) in [7, 11) is 3.17.